The zero-order valence-electron chi connectivity index (χ0n) is 14.3. The summed E-state index contributed by atoms with van der Waals surface area (Å²) in [6, 6.07) is 7.88. The van der Waals surface area contributed by atoms with Gasteiger partial charge in [0.2, 0.25) is 0 Å². The first-order valence-electron chi connectivity index (χ1n) is 7.70. The summed E-state index contributed by atoms with van der Waals surface area (Å²) < 4.78 is 10.5. The molecule has 1 aromatic carbocycles. The van der Waals surface area contributed by atoms with Crippen molar-refractivity contribution in [2.75, 3.05) is 6.61 Å². The number of aliphatic hydroxyl groups excluding tert-OH is 1. The van der Waals surface area contributed by atoms with Gasteiger partial charge in [-0.1, -0.05) is 29.8 Å². The van der Waals surface area contributed by atoms with Gasteiger partial charge < -0.3 is 14.6 Å². The second-order valence-corrected chi connectivity index (χ2v) is 6.66. The Balaban J connectivity index is 2.25. The van der Waals surface area contributed by atoms with Crippen LogP contribution in [-0.2, 0) is 25.7 Å². The summed E-state index contributed by atoms with van der Waals surface area (Å²) in [4.78, 5) is 23.2. The topological polar surface area (TPSA) is 72.8 Å². The van der Waals surface area contributed by atoms with Gasteiger partial charge in [-0.3, -0.25) is 9.59 Å². The molecule has 5 heteroatoms. The molecule has 0 saturated heterocycles. The number of carbonyl (C=O) groups excluding carboxylic acids is 2. The van der Waals surface area contributed by atoms with Crippen molar-refractivity contribution < 1.29 is 24.2 Å². The van der Waals surface area contributed by atoms with Gasteiger partial charge in [-0.2, -0.15) is 0 Å². The Hall–Kier alpha value is -1.72. The van der Waals surface area contributed by atoms with Crippen LogP contribution in [0.5, 0.6) is 0 Å². The highest BCUT2D eigenvalue weighted by molar-refractivity contribution is 5.95. The molecule has 0 bridgehead atoms. The lowest BCUT2D eigenvalue weighted by molar-refractivity contribution is -0.156. The second-order valence-electron chi connectivity index (χ2n) is 6.66. The Bertz CT molecular complexity index is 513. The standard InChI is InChI=1S/C18H26O5/c1-13-5-7-14(8-6-13)11-22-12-16(20)9-15(19)10-17(21)23-18(2,3)4/h5-8,16,20H,9-12H2,1-4H3/t16-/m0/s1. The van der Waals surface area contributed by atoms with Crippen LogP contribution >= 0.6 is 0 Å². The smallest absolute Gasteiger partial charge is 0.313 e. The molecule has 0 fully saturated rings. The average molecular weight is 322 g/mol. The van der Waals surface area contributed by atoms with Crippen LogP contribution in [0.1, 0.15) is 44.7 Å². The van der Waals surface area contributed by atoms with E-state index < -0.39 is 17.7 Å². The van der Waals surface area contributed by atoms with E-state index in [1.54, 1.807) is 20.8 Å². The lowest BCUT2D eigenvalue weighted by Gasteiger charge is -2.19. The minimum atomic E-state index is -0.921. The minimum absolute atomic E-state index is 0.0495. The zero-order valence-corrected chi connectivity index (χ0v) is 14.3. The van der Waals surface area contributed by atoms with E-state index in [0.717, 1.165) is 5.56 Å². The summed E-state index contributed by atoms with van der Waals surface area (Å²) in [5.74, 6) is -0.930. The van der Waals surface area contributed by atoms with E-state index in [4.69, 9.17) is 9.47 Å². The van der Waals surface area contributed by atoms with Crippen molar-refractivity contribution in [2.45, 2.75) is 58.8 Å². The molecule has 0 heterocycles. The molecule has 0 unspecified atom stereocenters. The van der Waals surface area contributed by atoms with Gasteiger partial charge in [0.05, 0.1) is 19.3 Å². The third kappa shape index (κ3) is 9.11. The molecule has 128 valence electrons. The highest BCUT2D eigenvalue weighted by Gasteiger charge is 2.20. The molecule has 0 aliphatic rings. The maximum Gasteiger partial charge on any atom is 0.313 e. The number of carbonyl (C=O) groups is 2. The first kappa shape index (κ1) is 19.3. The van der Waals surface area contributed by atoms with Gasteiger partial charge in [0.1, 0.15) is 17.8 Å². The maximum atomic E-state index is 11.7. The highest BCUT2D eigenvalue weighted by Crippen LogP contribution is 2.10. The number of benzene rings is 1. The molecule has 1 rings (SSSR count). The molecule has 0 aromatic heterocycles. The number of aliphatic hydroxyl groups is 1. The Labute approximate surface area is 137 Å². The highest BCUT2D eigenvalue weighted by atomic mass is 16.6. The summed E-state index contributed by atoms with van der Waals surface area (Å²) in [6.45, 7) is 7.64. The third-order valence-electron chi connectivity index (χ3n) is 2.92. The number of aryl methyl sites for hydroxylation is 1. The molecule has 23 heavy (non-hydrogen) atoms. The van der Waals surface area contributed by atoms with E-state index in [1.807, 2.05) is 31.2 Å². The van der Waals surface area contributed by atoms with E-state index in [2.05, 4.69) is 0 Å². The number of ketones is 1. The van der Waals surface area contributed by atoms with Crippen molar-refractivity contribution in [1.82, 2.24) is 0 Å². The number of esters is 1. The summed E-state index contributed by atoms with van der Waals surface area (Å²) in [7, 11) is 0. The number of rotatable bonds is 8. The number of Topliss-reactive ketones (excluding diaryl/α,β-unsaturated/α-hetero) is 1. The molecular weight excluding hydrogens is 296 g/mol. The maximum absolute atomic E-state index is 11.7. The normalized spacial score (nSPS) is 12.7. The fourth-order valence-corrected chi connectivity index (χ4v) is 1.93. The molecule has 5 nitrogen and oxygen atoms in total. The van der Waals surface area contributed by atoms with Crippen LogP contribution < -0.4 is 0 Å². The van der Waals surface area contributed by atoms with E-state index in [0.29, 0.717) is 6.61 Å². The van der Waals surface area contributed by atoms with Crippen molar-refractivity contribution in [3.8, 4) is 0 Å². The summed E-state index contributed by atoms with van der Waals surface area (Å²) in [5, 5.41) is 9.79. The Morgan fingerprint density at radius 2 is 1.78 bits per heavy atom. The summed E-state index contributed by atoms with van der Waals surface area (Å²) >= 11 is 0. The molecule has 0 radical (unpaired) electrons. The first-order valence-corrected chi connectivity index (χ1v) is 7.70. The largest absolute Gasteiger partial charge is 0.460 e. The molecule has 0 aliphatic carbocycles. The zero-order chi connectivity index (χ0) is 17.5. The third-order valence-corrected chi connectivity index (χ3v) is 2.92. The predicted octanol–water partition coefficient (Wildman–Crippen LogP) is 2.56. The Kier molecular flexibility index (Phi) is 7.39. The van der Waals surface area contributed by atoms with Gasteiger partial charge in [0, 0.05) is 6.42 Å². The van der Waals surface area contributed by atoms with Gasteiger partial charge in [0.15, 0.2) is 0 Å². The molecule has 1 aromatic rings. The van der Waals surface area contributed by atoms with Gasteiger partial charge in [-0.05, 0) is 33.3 Å². The molecule has 0 aliphatic heterocycles. The van der Waals surface area contributed by atoms with Crippen LogP contribution in [0.25, 0.3) is 0 Å². The Morgan fingerprint density at radius 1 is 1.17 bits per heavy atom. The van der Waals surface area contributed by atoms with Gasteiger partial charge >= 0.3 is 5.97 Å². The van der Waals surface area contributed by atoms with Crippen molar-refractivity contribution >= 4 is 11.8 Å². The van der Waals surface area contributed by atoms with Gasteiger partial charge in [-0.25, -0.2) is 0 Å². The number of hydrogen-bond acceptors (Lipinski definition) is 5. The van der Waals surface area contributed by atoms with Crippen molar-refractivity contribution in [2.24, 2.45) is 0 Å². The van der Waals surface area contributed by atoms with E-state index in [9.17, 15) is 14.7 Å². The molecule has 0 amide bonds. The first-order chi connectivity index (χ1) is 10.7. The average Bonchev–Trinajstić information content (AvgIpc) is 2.38. The summed E-state index contributed by atoms with van der Waals surface area (Å²) in [6.07, 6.45) is -1.37. The number of ether oxygens (including phenoxy) is 2. The van der Waals surface area contributed by atoms with Crippen LogP contribution in [0.15, 0.2) is 24.3 Å². The van der Waals surface area contributed by atoms with E-state index >= 15 is 0 Å². The lowest BCUT2D eigenvalue weighted by atomic mass is 10.1. The van der Waals surface area contributed by atoms with Crippen LogP contribution in [0, 0.1) is 6.92 Å². The van der Waals surface area contributed by atoms with Crippen molar-refractivity contribution in [3.05, 3.63) is 35.4 Å². The monoisotopic (exact) mass is 322 g/mol. The predicted molar refractivity (Wildman–Crippen MR) is 86.9 cm³/mol. The second kappa shape index (κ2) is 8.79. The molecular formula is C18H26O5. The minimum Gasteiger partial charge on any atom is -0.460 e. The fourth-order valence-electron chi connectivity index (χ4n) is 1.93. The van der Waals surface area contributed by atoms with Crippen LogP contribution in [0.2, 0.25) is 0 Å². The van der Waals surface area contributed by atoms with Gasteiger partial charge in [-0.15, -0.1) is 0 Å². The molecule has 1 atom stereocenters. The quantitative estimate of drug-likeness (QED) is 0.588. The van der Waals surface area contributed by atoms with E-state index in [1.165, 1.54) is 5.56 Å². The Morgan fingerprint density at radius 3 is 2.35 bits per heavy atom. The molecule has 0 saturated carbocycles. The van der Waals surface area contributed by atoms with Crippen LogP contribution in [0.3, 0.4) is 0 Å². The molecule has 0 spiro atoms. The number of hydrogen-bond donors (Lipinski definition) is 1. The lowest BCUT2D eigenvalue weighted by Crippen LogP contribution is -2.27. The fraction of sp³-hybridized carbons (Fsp3) is 0.556. The van der Waals surface area contributed by atoms with Crippen molar-refractivity contribution in [1.29, 1.82) is 0 Å². The van der Waals surface area contributed by atoms with Gasteiger partial charge in [0.25, 0.3) is 0 Å². The van der Waals surface area contributed by atoms with Crippen molar-refractivity contribution in [3.63, 3.8) is 0 Å². The van der Waals surface area contributed by atoms with Crippen LogP contribution in [0.4, 0.5) is 0 Å². The van der Waals surface area contributed by atoms with Crippen LogP contribution in [-0.4, -0.2) is 35.2 Å². The summed E-state index contributed by atoms with van der Waals surface area (Å²) in [5.41, 5.74) is 1.55. The molecule has 1 N–H and O–H groups in total. The SMILES string of the molecule is Cc1ccc(COC[C@@H](O)CC(=O)CC(=O)OC(C)(C)C)cc1. The van der Waals surface area contributed by atoms with E-state index in [-0.39, 0.29) is 25.2 Å².